The van der Waals surface area contributed by atoms with Crippen molar-refractivity contribution < 1.29 is 27.2 Å². The Labute approximate surface area is 177 Å². The fourth-order valence-corrected chi connectivity index (χ4v) is 3.19. The van der Waals surface area contributed by atoms with Crippen LogP contribution < -0.4 is 10.6 Å². The fraction of sp³-hybridized carbons (Fsp3) is 0.450. The number of aromatic nitrogens is 1. The summed E-state index contributed by atoms with van der Waals surface area (Å²) in [4.78, 5) is 24.3. The zero-order chi connectivity index (χ0) is 22.3. The predicted molar refractivity (Wildman–Crippen MR) is 107 cm³/mol. The number of hydrogen-bond acceptors (Lipinski definition) is 6. The third-order valence-electron chi connectivity index (χ3n) is 4.72. The molecular weight excluding hydrogens is 415 g/mol. The Morgan fingerprint density at radius 3 is 2.65 bits per heavy atom. The van der Waals surface area contributed by atoms with Crippen molar-refractivity contribution in [2.75, 3.05) is 31.1 Å². The molecule has 1 amide bonds. The normalized spacial score (nSPS) is 15.1. The maximum Gasteiger partial charge on any atom is 0.406 e. The number of rotatable bonds is 8. The molecule has 2 aromatic rings. The van der Waals surface area contributed by atoms with E-state index in [2.05, 4.69) is 15.0 Å². The van der Waals surface area contributed by atoms with Crippen molar-refractivity contribution in [2.45, 2.75) is 32.0 Å². The van der Waals surface area contributed by atoms with Crippen LogP contribution in [0.3, 0.4) is 0 Å². The molecule has 168 valence electrons. The first-order chi connectivity index (χ1) is 14.8. The summed E-state index contributed by atoms with van der Waals surface area (Å²) in [6.45, 7) is -0.565. The second-order valence-corrected chi connectivity index (χ2v) is 7.15. The number of furan rings is 1. The maximum atomic E-state index is 12.8. The highest BCUT2D eigenvalue weighted by Gasteiger charge is 2.33. The number of alkyl halides is 3. The van der Waals surface area contributed by atoms with E-state index in [9.17, 15) is 18.0 Å². The van der Waals surface area contributed by atoms with Crippen LogP contribution in [0, 0.1) is 0 Å². The monoisotopic (exact) mass is 439 g/mol. The van der Waals surface area contributed by atoms with Gasteiger partial charge in [0.1, 0.15) is 18.1 Å². The largest absolute Gasteiger partial charge is 0.467 e. The van der Waals surface area contributed by atoms with Crippen molar-refractivity contribution in [1.29, 1.82) is 0 Å². The zero-order valence-electron chi connectivity index (χ0n) is 16.8. The molecule has 0 unspecified atom stereocenters. The molecule has 0 spiro atoms. The van der Waals surface area contributed by atoms with Gasteiger partial charge in [0.15, 0.2) is 12.4 Å². The number of hydrogen-bond donors (Lipinski definition) is 1. The van der Waals surface area contributed by atoms with Gasteiger partial charge in [0.05, 0.1) is 12.8 Å². The first-order valence-electron chi connectivity index (χ1n) is 9.85. The van der Waals surface area contributed by atoms with Gasteiger partial charge in [-0.25, -0.2) is 4.98 Å². The van der Waals surface area contributed by atoms with E-state index in [1.807, 2.05) is 6.07 Å². The van der Waals surface area contributed by atoms with Crippen LogP contribution in [0.15, 0.2) is 46.3 Å². The summed E-state index contributed by atoms with van der Waals surface area (Å²) < 4.78 is 43.5. The number of oxime groups is 1. The van der Waals surface area contributed by atoms with Crippen LogP contribution in [0.25, 0.3) is 0 Å². The van der Waals surface area contributed by atoms with Gasteiger partial charge in [-0.15, -0.1) is 0 Å². The van der Waals surface area contributed by atoms with Crippen LogP contribution >= 0.6 is 0 Å². The van der Waals surface area contributed by atoms with Crippen molar-refractivity contribution in [2.24, 2.45) is 10.9 Å². The van der Waals surface area contributed by atoms with Gasteiger partial charge in [0.2, 0.25) is 0 Å². The number of amides is 1. The Balaban J connectivity index is 1.56. The fourth-order valence-electron chi connectivity index (χ4n) is 3.19. The quantitative estimate of drug-likeness (QED) is 0.386. The molecule has 1 saturated heterocycles. The number of halogens is 3. The van der Waals surface area contributed by atoms with Gasteiger partial charge in [0, 0.05) is 24.8 Å². The van der Waals surface area contributed by atoms with Gasteiger partial charge in [-0.1, -0.05) is 5.16 Å². The number of anilines is 1. The Morgan fingerprint density at radius 2 is 2.03 bits per heavy atom. The summed E-state index contributed by atoms with van der Waals surface area (Å²) in [5.41, 5.74) is 6.33. The number of nitrogens with two attached hydrogens (primary N) is 1. The minimum Gasteiger partial charge on any atom is -0.467 e. The van der Waals surface area contributed by atoms with E-state index in [4.69, 9.17) is 15.0 Å². The Hall–Kier alpha value is -3.24. The van der Waals surface area contributed by atoms with Crippen LogP contribution in [0.5, 0.6) is 0 Å². The van der Waals surface area contributed by atoms with E-state index in [1.165, 1.54) is 24.8 Å². The predicted octanol–water partition coefficient (Wildman–Crippen LogP) is 2.89. The summed E-state index contributed by atoms with van der Waals surface area (Å²) in [6, 6.07) is 6.56. The second-order valence-electron chi connectivity index (χ2n) is 7.15. The van der Waals surface area contributed by atoms with Gasteiger partial charge >= 0.3 is 6.18 Å². The lowest BCUT2D eigenvalue weighted by Crippen LogP contribution is -2.40. The molecule has 3 heterocycles. The average molecular weight is 439 g/mol. The van der Waals surface area contributed by atoms with E-state index in [0.717, 1.165) is 31.7 Å². The summed E-state index contributed by atoms with van der Waals surface area (Å²) in [6.07, 6.45) is 1.76. The molecule has 1 fully saturated rings. The average Bonchev–Trinajstić information content (AvgIpc) is 3.26. The van der Waals surface area contributed by atoms with Crippen LogP contribution in [0.2, 0.25) is 0 Å². The summed E-state index contributed by atoms with van der Waals surface area (Å²) in [5.74, 6) is 0.135. The molecule has 2 N–H and O–H groups in total. The molecule has 1 aliphatic heterocycles. The molecule has 3 rings (SSSR count). The summed E-state index contributed by atoms with van der Waals surface area (Å²) in [7, 11) is 0. The lowest BCUT2D eigenvalue weighted by atomic mass is 10.1. The SMILES string of the molecule is N/C(=N/OCC(=O)N(Cc1ccco1)CC(F)(F)F)c1ccc(N2CCCCC2)nc1. The van der Waals surface area contributed by atoms with Crippen molar-refractivity contribution in [3.63, 3.8) is 0 Å². The summed E-state index contributed by atoms with van der Waals surface area (Å²) in [5, 5.41) is 3.64. The number of carbonyl (C=O) groups is 1. The van der Waals surface area contributed by atoms with E-state index >= 15 is 0 Å². The number of nitrogens with zero attached hydrogens (tertiary/aromatic N) is 4. The first-order valence-corrected chi connectivity index (χ1v) is 9.85. The first kappa shape index (κ1) is 22.4. The molecule has 0 bridgehead atoms. The van der Waals surface area contributed by atoms with E-state index in [0.29, 0.717) is 10.5 Å². The van der Waals surface area contributed by atoms with Gasteiger partial charge in [-0.3, -0.25) is 4.79 Å². The molecule has 0 saturated carbocycles. The number of piperidine rings is 1. The second kappa shape index (κ2) is 10.2. The van der Waals surface area contributed by atoms with Gasteiger partial charge < -0.3 is 24.8 Å². The Morgan fingerprint density at radius 1 is 1.26 bits per heavy atom. The van der Waals surface area contributed by atoms with E-state index in [-0.39, 0.29) is 18.1 Å². The van der Waals surface area contributed by atoms with Gasteiger partial charge in [-0.2, -0.15) is 13.2 Å². The highest BCUT2D eigenvalue weighted by Crippen LogP contribution is 2.19. The minimum atomic E-state index is -4.56. The van der Waals surface area contributed by atoms with Crippen molar-refractivity contribution in [3.8, 4) is 0 Å². The van der Waals surface area contributed by atoms with Crippen molar-refractivity contribution >= 4 is 17.6 Å². The van der Waals surface area contributed by atoms with Crippen LogP contribution in [-0.2, 0) is 16.2 Å². The highest BCUT2D eigenvalue weighted by atomic mass is 19.4. The topological polar surface area (TPSA) is 97.2 Å². The van der Waals surface area contributed by atoms with Crippen molar-refractivity contribution in [1.82, 2.24) is 9.88 Å². The van der Waals surface area contributed by atoms with Gasteiger partial charge in [0.25, 0.3) is 5.91 Å². The van der Waals surface area contributed by atoms with E-state index < -0.39 is 25.2 Å². The molecule has 0 atom stereocenters. The van der Waals surface area contributed by atoms with Gasteiger partial charge in [-0.05, 0) is 43.5 Å². The molecule has 31 heavy (non-hydrogen) atoms. The lowest BCUT2D eigenvalue weighted by Gasteiger charge is -2.27. The summed E-state index contributed by atoms with van der Waals surface area (Å²) >= 11 is 0. The third kappa shape index (κ3) is 6.90. The zero-order valence-corrected chi connectivity index (χ0v) is 16.8. The minimum absolute atomic E-state index is 0.0288. The van der Waals surface area contributed by atoms with Crippen LogP contribution in [0.4, 0.5) is 19.0 Å². The molecule has 1 aliphatic rings. The maximum absolute atomic E-state index is 12.8. The number of amidine groups is 1. The van der Waals surface area contributed by atoms with Crippen LogP contribution in [-0.4, -0.2) is 54.0 Å². The molecule has 0 aromatic carbocycles. The third-order valence-corrected chi connectivity index (χ3v) is 4.72. The molecule has 8 nitrogen and oxygen atoms in total. The molecule has 0 radical (unpaired) electrons. The van der Waals surface area contributed by atoms with E-state index in [1.54, 1.807) is 12.3 Å². The van der Waals surface area contributed by atoms with Crippen LogP contribution in [0.1, 0.15) is 30.6 Å². The van der Waals surface area contributed by atoms with Crippen molar-refractivity contribution in [3.05, 3.63) is 48.0 Å². The molecule has 11 heteroatoms. The molecule has 2 aromatic heterocycles. The molecular formula is C20H24F3N5O3. The Bertz CT molecular complexity index is 863. The smallest absolute Gasteiger partial charge is 0.406 e. The number of pyridine rings is 1. The highest BCUT2D eigenvalue weighted by molar-refractivity contribution is 5.97. The lowest BCUT2D eigenvalue weighted by molar-refractivity contribution is -0.165. The number of carbonyl (C=O) groups excluding carboxylic acids is 1. The Kier molecular flexibility index (Phi) is 7.37. The standard InChI is InChI=1S/C20H24F3N5O3/c21-20(22,23)14-28(12-16-5-4-10-30-16)18(29)13-31-26-19(24)15-6-7-17(25-11-15)27-8-2-1-3-9-27/h4-7,10-11H,1-3,8-9,12-14H2,(H2,24,26). The molecule has 0 aliphatic carbocycles.